The number of rotatable bonds is 5. The zero-order valence-corrected chi connectivity index (χ0v) is 36.6. The molecule has 0 aliphatic heterocycles. The molecular formula is C62H38N6. The topological polar surface area (TPSA) is 53.5 Å². The minimum Gasteiger partial charge on any atom is -0.309 e. The van der Waals surface area contributed by atoms with Gasteiger partial charge in [0.15, 0.2) is 5.82 Å². The molecule has 316 valence electrons. The molecule has 0 N–H and O–H groups in total. The molecule has 1 atom stereocenters. The summed E-state index contributed by atoms with van der Waals surface area (Å²) in [4.78, 5) is 17.0. The molecule has 10 aromatic carbocycles. The van der Waals surface area contributed by atoms with Crippen LogP contribution >= 0.6 is 0 Å². The maximum Gasteiger partial charge on any atom is 0.238 e. The van der Waals surface area contributed by atoms with Crippen LogP contribution in [0.1, 0.15) is 22.9 Å². The highest BCUT2D eigenvalue weighted by atomic mass is 15.2. The van der Waals surface area contributed by atoms with Gasteiger partial charge >= 0.3 is 0 Å². The maximum atomic E-state index is 5.79. The lowest BCUT2D eigenvalue weighted by atomic mass is 9.94. The molecule has 1 unspecified atom stereocenters. The van der Waals surface area contributed by atoms with E-state index in [1.54, 1.807) is 0 Å². The Balaban J connectivity index is 1.10. The van der Waals surface area contributed by atoms with Gasteiger partial charge in [-0.15, -0.1) is 0 Å². The molecule has 4 aromatic heterocycles. The van der Waals surface area contributed by atoms with Crippen LogP contribution in [0.5, 0.6) is 0 Å². The molecule has 1 aliphatic rings. The predicted octanol–water partition coefficient (Wildman–Crippen LogP) is 15.1. The number of fused-ring (bicyclic) bond motifs is 15. The van der Waals surface area contributed by atoms with Gasteiger partial charge < -0.3 is 9.13 Å². The molecule has 15 rings (SSSR count). The highest BCUT2D eigenvalue weighted by Crippen LogP contribution is 2.52. The van der Waals surface area contributed by atoms with Crippen molar-refractivity contribution in [3.8, 4) is 39.8 Å². The normalized spacial score (nSPS) is 13.4. The Hall–Kier alpha value is -9.13. The highest BCUT2D eigenvalue weighted by Gasteiger charge is 2.37. The lowest BCUT2D eigenvalue weighted by molar-refractivity contribution is 0.824. The molecule has 0 saturated heterocycles. The molecule has 6 nitrogen and oxygen atoms in total. The van der Waals surface area contributed by atoms with Gasteiger partial charge in [0.05, 0.1) is 39.0 Å². The van der Waals surface area contributed by atoms with Gasteiger partial charge in [0.1, 0.15) is 5.82 Å². The largest absolute Gasteiger partial charge is 0.309 e. The van der Waals surface area contributed by atoms with Crippen molar-refractivity contribution in [1.82, 2.24) is 28.7 Å². The van der Waals surface area contributed by atoms with Gasteiger partial charge in [-0.1, -0.05) is 176 Å². The summed E-state index contributed by atoms with van der Waals surface area (Å²) in [6, 6.07) is 80.7. The smallest absolute Gasteiger partial charge is 0.238 e. The number of hydrogen-bond acceptors (Lipinski definition) is 3. The van der Waals surface area contributed by atoms with Crippen molar-refractivity contribution in [2.45, 2.75) is 5.92 Å². The van der Waals surface area contributed by atoms with Crippen molar-refractivity contribution >= 4 is 76.2 Å². The van der Waals surface area contributed by atoms with Crippen molar-refractivity contribution in [3.05, 3.63) is 241 Å². The second kappa shape index (κ2) is 14.2. The summed E-state index contributed by atoms with van der Waals surface area (Å²) in [7, 11) is 0. The van der Waals surface area contributed by atoms with Crippen LogP contribution in [0.15, 0.2) is 224 Å². The molecule has 0 bridgehead atoms. The van der Waals surface area contributed by atoms with Crippen LogP contribution in [0.25, 0.3) is 116 Å². The fraction of sp³-hybridized carbons (Fsp3) is 0.0161. The van der Waals surface area contributed by atoms with E-state index in [0.717, 1.165) is 66.2 Å². The van der Waals surface area contributed by atoms with E-state index >= 15 is 0 Å². The van der Waals surface area contributed by atoms with Crippen molar-refractivity contribution in [1.29, 1.82) is 0 Å². The molecule has 68 heavy (non-hydrogen) atoms. The average Bonchev–Trinajstić information content (AvgIpc) is 4.14. The zero-order valence-electron chi connectivity index (χ0n) is 36.6. The highest BCUT2D eigenvalue weighted by molar-refractivity contribution is 6.23. The molecule has 4 heterocycles. The molecule has 0 fully saturated rings. The fourth-order valence-corrected chi connectivity index (χ4v) is 11.5. The zero-order chi connectivity index (χ0) is 44.5. The first-order chi connectivity index (χ1) is 33.8. The SMILES string of the molecule is c1ccc(-n2c3ccccc3c3ccc4c(c32)C(c2nc(-c3ccc5ccccc5c3)nc(-n3c5ccccc5c5ccc6c7ccccc7n(-c7ccccc7)c6c53)n2)c2ccccc2-4)cc1. The fourth-order valence-electron chi connectivity index (χ4n) is 11.5. The summed E-state index contributed by atoms with van der Waals surface area (Å²) >= 11 is 0. The predicted molar refractivity (Wildman–Crippen MR) is 279 cm³/mol. The van der Waals surface area contributed by atoms with E-state index < -0.39 is 0 Å². The van der Waals surface area contributed by atoms with Gasteiger partial charge in [0, 0.05) is 49.3 Å². The summed E-state index contributed by atoms with van der Waals surface area (Å²) in [6.07, 6.45) is 0. The van der Waals surface area contributed by atoms with E-state index in [-0.39, 0.29) is 5.92 Å². The Labute approximate surface area is 390 Å². The number of para-hydroxylation sites is 5. The summed E-state index contributed by atoms with van der Waals surface area (Å²) in [5.41, 5.74) is 14.5. The van der Waals surface area contributed by atoms with Crippen LogP contribution in [0.4, 0.5) is 0 Å². The van der Waals surface area contributed by atoms with Crippen molar-refractivity contribution < 1.29 is 0 Å². The van der Waals surface area contributed by atoms with Gasteiger partial charge in [-0.3, -0.25) is 4.57 Å². The van der Waals surface area contributed by atoms with Gasteiger partial charge in [-0.2, -0.15) is 9.97 Å². The molecular weight excluding hydrogens is 829 g/mol. The maximum absolute atomic E-state index is 5.79. The minimum atomic E-state index is -0.318. The summed E-state index contributed by atoms with van der Waals surface area (Å²) < 4.78 is 7.17. The van der Waals surface area contributed by atoms with Crippen LogP contribution in [0.2, 0.25) is 0 Å². The van der Waals surface area contributed by atoms with Crippen LogP contribution in [-0.2, 0) is 0 Å². The first-order valence-corrected chi connectivity index (χ1v) is 23.2. The Bertz CT molecular complexity index is 4390. The Morgan fingerprint density at radius 2 is 0.853 bits per heavy atom. The van der Waals surface area contributed by atoms with Crippen molar-refractivity contribution in [3.63, 3.8) is 0 Å². The lowest BCUT2D eigenvalue weighted by Crippen LogP contribution is -2.13. The molecule has 0 spiro atoms. The molecule has 6 heteroatoms. The monoisotopic (exact) mass is 866 g/mol. The molecule has 0 amide bonds. The molecule has 0 saturated carbocycles. The molecule has 1 aliphatic carbocycles. The molecule has 14 aromatic rings. The van der Waals surface area contributed by atoms with Gasteiger partial charge in [-0.05, 0) is 81.6 Å². The van der Waals surface area contributed by atoms with E-state index in [4.69, 9.17) is 15.0 Å². The second-order valence-corrected chi connectivity index (χ2v) is 17.9. The number of hydrogen-bond donors (Lipinski definition) is 0. The average molecular weight is 867 g/mol. The minimum absolute atomic E-state index is 0.318. The lowest BCUT2D eigenvalue weighted by Gasteiger charge is -2.18. The Morgan fingerprint density at radius 1 is 0.338 bits per heavy atom. The summed E-state index contributed by atoms with van der Waals surface area (Å²) in [5.74, 6) is 1.58. The Kier molecular flexibility index (Phi) is 7.74. The Morgan fingerprint density at radius 3 is 1.53 bits per heavy atom. The summed E-state index contributed by atoms with van der Waals surface area (Å²) in [6.45, 7) is 0. The van der Waals surface area contributed by atoms with Crippen LogP contribution < -0.4 is 0 Å². The van der Waals surface area contributed by atoms with Crippen LogP contribution in [0.3, 0.4) is 0 Å². The number of benzene rings is 10. The van der Waals surface area contributed by atoms with Gasteiger partial charge in [0.25, 0.3) is 0 Å². The van der Waals surface area contributed by atoms with E-state index in [1.165, 1.54) is 49.2 Å². The van der Waals surface area contributed by atoms with E-state index in [1.807, 2.05) is 0 Å². The van der Waals surface area contributed by atoms with Crippen LogP contribution in [-0.4, -0.2) is 28.7 Å². The first-order valence-electron chi connectivity index (χ1n) is 23.2. The third-order valence-electron chi connectivity index (χ3n) is 14.3. The van der Waals surface area contributed by atoms with E-state index in [2.05, 4.69) is 238 Å². The van der Waals surface area contributed by atoms with E-state index in [0.29, 0.717) is 17.6 Å². The number of aromatic nitrogens is 6. The first kappa shape index (κ1) is 37.1. The quantitative estimate of drug-likeness (QED) is 0.173. The van der Waals surface area contributed by atoms with Gasteiger partial charge in [-0.25, -0.2) is 4.98 Å². The molecule has 0 radical (unpaired) electrons. The van der Waals surface area contributed by atoms with Gasteiger partial charge in [0.2, 0.25) is 5.95 Å². The van der Waals surface area contributed by atoms with Crippen molar-refractivity contribution in [2.24, 2.45) is 0 Å². The van der Waals surface area contributed by atoms with E-state index in [9.17, 15) is 0 Å². The van der Waals surface area contributed by atoms with Crippen LogP contribution in [0, 0.1) is 0 Å². The number of nitrogens with zero attached hydrogens (tertiary/aromatic N) is 6. The second-order valence-electron chi connectivity index (χ2n) is 17.9. The third-order valence-corrected chi connectivity index (χ3v) is 14.3. The summed E-state index contributed by atoms with van der Waals surface area (Å²) in [5, 5.41) is 9.32. The third kappa shape index (κ3) is 5.19. The van der Waals surface area contributed by atoms with Crippen molar-refractivity contribution in [2.75, 3.05) is 0 Å². The standard InChI is InChI=1S/C62H38N6/c1-3-19-41(20-4-1)66-52-28-14-11-24-44(52)49-34-33-48-43-23-9-10-27-47(43)56(55(48)57(49)66)61-63-60(40-32-31-38-17-7-8-18-39(38)37-40)64-62(65-61)68-54-30-16-13-26-46(54)51-36-35-50-45-25-12-15-29-53(45)67(58(50)59(51)68)42-21-5-2-6-22-42/h1-37,56H.